The van der Waals surface area contributed by atoms with Crippen LogP contribution < -0.4 is 21.1 Å². The van der Waals surface area contributed by atoms with Crippen LogP contribution in [0.5, 0.6) is 11.5 Å². The number of aromatic nitrogens is 2. The molecule has 148 valence electrons. The van der Waals surface area contributed by atoms with E-state index in [0.717, 1.165) is 37.2 Å². The molecule has 0 spiro atoms. The maximum Gasteiger partial charge on any atom is 0.141 e. The topological polar surface area (TPSA) is 109 Å². The van der Waals surface area contributed by atoms with Crippen molar-refractivity contribution in [1.82, 2.24) is 15.3 Å². The molecule has 3 aromatic rings. The van der Waals surface area contributed by atoms with Gasteiger partial charge in [0.15, 0.2) is 0 Å². The van der Waals surface area contributed by atoms with Crippen LogP contribution >= 0.6 is 0 Å². The predicted octanol–water partition coefficient (Wildman–Crippen LogP) is 3.43. The normalized spacial score (nSPS) is 14.3. The van der Waals surface area contributed by atoms with Crippen molar-refractivity contribution in [2.75, 3.05) is 24.1 Å². The number of para-hydroxylation sites is 1. The van der Waals surface area contributed by atoms with Gasteiger partial charge in [-0.25, -0.2) is 9.97 Å². The third-order valence-electron chi connectivity index (χ3n) is 4.93. The van der Waals surface area contributed by atoms with E-state index in [1.165, 1.54) is 6.33 Å². The summed E-state index contributed by atoms with van der Waals surface area (Å²) >= 11 is 0. The van der Waals surface area contributed by atoms with E-state index in [-0.39, 0.29) is 5.71 Å². The average Bonchev–Trinajstić information content (AvgIpc) is 2.75. The zero-order valence-corrected chi connectivity index (χ0v) is 16.1. The molecule has 0 aliphatic carbocycles. The van der Waals surface area contributed by atoms with Crippen molar-refractivity contribution in [2.24, 2.45) is 0 Å². The maximum atomic E-state index is 8.71. The van der Waals surface area contributed by atoms with Crippen molar-refractivity contribution in [2.45, 2.75) is 18.9 Å². The first kappa shape index (κ1) is 18.9. The van der Waals surface area contributed by atoms with Crippen LogP contribution in [0.3, 0.4) is 0 Å². The third kappa shape index (κ3) is 4.52. The molecule has 5 N–H and O–H groups in total. The van der Waals surface area contributed by atoms with Gasteiger partial charge in [0.25, 0.3) is 0 Å². The maximum absolute atomic E-state index is 8.71. The highest BCUT2D eigenvalue weighted by atomic mass is 16.5. The molecule has 1 aliphatic rings. The largest absolute Gasteiger partial charge is 0.457 e. The predicted molar refractivity (Wildman–Crippen MR) is 115 cm³/mol. The van der Waals surface area contributed by atoms with Gasteiger partial charge in [0.05, 0.1) is 11.3 Å². The molecular weight excluding hydrogens is 364 g/mol. The summed E-state index contributed by atoms with van der Waals surface area (Å²) in [5.74, 6) is 2.38. The Kier molecular flexibility index (Phi) is 5.67. The Hall–Kier alpha value is -3.45. The summed E-state index contributed by atoms with van der Waals surface area (Å²) in [6, 6.07) is 17.3. The van der Waals surface area contributed by atoms with Gasteiger partial charge in [0, 0.05) is 11.6 Å². The molecule has 2 heterocycles. The molecule has 1 saturated heterocycles. The van der Waals surface area contributed by atoms with Crippen LogP contribution in [0, 0.1) is 5.41 Å². The van der Waals surface area contributed by atoms with Crippen LogP contribution in [0.25, 0.3) is 0 Å². The summed E-state index contributed by atoms with van der Waals surface area (Å²) in [5.41, 5.74) is 7.66. The van der Waals surface area contributed by atoms with Gasteiger partial charge in [0.1, 0.15) is 29.5 Å². The second kappa shape index (κ2) is 8.70. The molecule has 0 radical (unpaired) electrons. The number of nitrogens with zero attached hydrogens (tertiary/aromatic N) is 2. The zero-order valence-electron chi connectivity index (χ0n) is 16.1. The zero-order chi connectivity index (χ0) is 20.1. The molecule has 1 fully saturated rings. The fourth-order valence-electron chi connectivity index (χ4n) is 3.37. The SMILES string of the molecule is N=C(c1ccc(Oc2ccccc2)cc1)c1c(N)ncnc1NC1CCNCC1. The van der Waals surface area contributed by atoms with Gasteiger partial charge in [-0.15, -0.1) is 0 Å². The van der Waals surface area contributed by atoms with Crippen molar-refractivity contribution < 1.29 is 4.74 Å². The molecular formula is C22H24N6O. The van der Waals surface area contributed by atoms with E-state index in [2.05, 4.69) is 20.6 Å². The van der Waals surface area contributed by atoms with E-state index >= 15 is 0 Å². The smallest absolute Gasteiger partial charge is 0.141 e. The van der Waals surface area contributed by atoms with Gasteiger partial charge in [0.2, 0.25) is 0 Å². The molecule has 7 nitrogen and oxygen atoms in total. The van der Waals surface area contributed by atoms with Crippen LogP contribution in [0.2, 0.25) is 0 Å². The Bertz CT molecular complexity index is 968. The first-order valence-corrected chi connectivity index (χ1v) is 9.70. The monoisotopic (exact) mass is 388 g/mol. The molecule has 0 amide bonds. The van der Waals surface area contributed by atoms with Crippen LogP contribution in [0.1, 0.15) is 24.0 Å². The molecule has 0 unspecified atom stereocenters. The van der Waals surface area contributed by atoms with E-state index in [0.29, 0.717) is 29.0 Å². The van der Waals surface area contributed by atoms with E-state index in [1.54, 1.807) is 0 Å². The van der Waals surface area contributed by atoms with E-state index in [9.17, 15) is 0 Å². The number of hydrogen-bond acceptors (Lipinski definition) is 7. The average molecular weight is 388 g/mol. The van der Waals surface area contributed by atoms with Crippen molar-refractivity contribution in [3.63, 3.8) is 0 Å². The minimum atomic E-state index is 0.283. The molecule has 0 saturated carbocycles. The standard InChI is InChI=1S/C22H24N6O/c23-20(15-6-8-18(9-7-15)29-17-4-2-1-3-5-17)19-21(24)26-14-27-22(19)28-16-10-12-25-13-11-16/h1-9,14,16,23,25H,10-13H2,(H3,24,26,27,28). The summed E-state index contributed by atoms with van der Waals surface area (Å²) < 4.78 is 5.83. The number of rotatable bonds is 6. The number of hydrogen-bond donors (Lipinski definition) is 4. The van der Waals surface area contributed by atoms with Gasteiger partial charge in [-0.3, -0.25) is 5.41 Å². The lowest BCUT2D eigenvalue weighted by Gasteiger charge is -2.25. The third-order valence-corrected chi connectivity index (χ3v) is 4.93. The summed E-state index contributed by atoms with van der Waals surface area (Å²) in [5, 5.41) is 15.5. The molecule has 1 aromatic heterocycles. The number of ether oxygens (including phenoxy) is 1. The number of nitrogen functional groups attached to an aromatic ring is 1. The van der Waals surface area contributed by atoms with Crippen molar-refractivity contribution in [3.05, 3.63) is 72.1 Å². The van der Waals surface area contributed by atoms with Crippen molar-refractivity contribution >= 4 is 17.3 Å². The van der Waals surface area contributed by atoms with Gasteiger partial charge >= 0.3 is 0 Å². The number of anilines is 2. The fourth-order valence-corrected chi connectivity index (χ4v) is 3.37. The summed E-state index contributed by atoms with van der Waals surface area (Å²) in [7, 11) is 0. The molecule has 1 aliphatic heterocycles. The summed E-state index contributed by atoms with van der Waals surface area (Å²) in [4.78, 5) is 8.47. The first-order valence-electron chi connectivity index (χ1n) is 9.70. The highest BCUT2D eigenvalue weighted by Crippen LogP contribution is 2.26. The molecule has 0 bridgehead atoms. The first-order chi connectivity index (χ1) is 14.2. The molecule has 29 heavy (non-hydrogen) atoms. The number of nitrogens with two attached hydrogens (primary N) is 1. The summed E-state index contributed by atoms with van der Waals surface area (Å²) in [6.45, 7) is 1.93. The van der Waals surface area contributed by atoms with Crippen LogP contribution in [0.15, 0.2) is 60.9 Å². The second-order valence-electron chi connectivity index (χ2n) is 6.97. The number of piperidine rings is 1. The Morgan fingerprint density at radius 1 is 1.00 bits per heavy atom. The lowest BCUT2D eigenvalue weighted by Crippen LogP contribution is -2.36. The number of nitrogens with one attached hydrogen (secondary N) is 3. The van der Waals surface area contributed by atoms with Crippen molar-refractivity contribution in [3.8, 4) is 11.5 Å². The Morgan fingerprint density at radius 2 is 1.69 bits per heavy atom. The van der Waals surface area contributed by atoms with E-state index < -0.39 is 0 Å². The Balaban J connectivity index is 1.54. The van der Waals surface area contributed by atoms with Crippen LogP contribution in [0.4, 0.5) is 11.6 Å². The second-order valence-corrected chi connectivity index (χ2v) is 6.97. The van der Waals surface area contributed by atoms with Crippen LogP contribution in [-0.4, -0.2) is 34.8 Å². The molecule has 4 rings (SSSR count). The molecule has 0 atom stereocenters. The molecule has 7 heteroatoms. The van der Waals surface area contributed by atoms with Crippen molar-refractivity contribution in [1.29, 1.82) is 5.41 Å². The minimum absolute atomic E-state index is 0.283. The minimum Gasteiger partial charge on any atom is -0.457 e. The lowest BCUT2D eigenvalue weighted by molar-refractivity contribution is 0.478. The quantitative estimate of drug-likeness (QED) is 0.482. The molecule has 2 aromatic carbocycles. The Labute approximate surface area is 169 Å². The van der Waals surface area contributed by atoms with E-state index in [4.69, 9.17) is 15.9 Å². The van der Waals surface area contributed by atoms with Gasteiger partial charge in [-0.2, -0.15) is 0 Å². The Morgan fingerprint density at radius 3 is 2.41 bits per heavy atom. The summed E-state index contributed by atoms with van der Waals surface area (Å²) in [6.07, 6.45) is 3.44. The van der Waals surface area contributed by atoms with E-state index in [1.807, 2.05) is 54.6 Å². The van der Waals surface area contributed by atoms with Gasteiger partial charge in [-0.05, 0) is 62.3 Å². The van der Waals surface area contributed by atoms with Crippen LogP contribution in [-0.2, 0) is 0 Å². The highest BCUT2D eigenvalue weighted by molar-refractivity contribution is 6.16. The highest BCUT2D eigenvalue weighted by Gasteiger charge is 2.20. The fraction of sp³-hybridized carbons (Fsp3) is 0.227. The van der Waals surface area contributed by atoms with Gasteiger partial charge < -0.3 is 21.1 Å². The van der Waals surface area contributed by atoms with Gasteiger partial charge in [-0.1, -0.05) is 18.2 Å². The lowest BCUT2D eigenvalue weighted by atomic mass is 10.0. The number of benzene rings is 2.